The van der Waals surface area contributed by atoms with Gasteiger partial charge in [-0.25, -0.2) is 4.98 Å². The van der Waals surface area contributed by atoms with Crippen LogP contribution in [0.15, 0.2) is 36.5 Å². The van der Waals surface area contributed by atoms with Gasteiger partial charge in [0, 0.05) is 24.7 Å². The number of carbonyl (C=O) groups excluding carboxylic acids is 1. The fraction of sp³-hybridized carbons (Fsp3) is 0.421. The molecule has 2 atom stereocenters. The first-order valence-corrected chi connectivity index (χ1v) is 8.34. The zero-order valence-electron chi connectivity index (χ0n) is 14.7. The minimum absolute atomic E-state index is 0.00561. The fourth-order valence-corrected chi connectivity index (χ4v) is 2.38. The predicted octanol–water partition coefficient (Wildman–Crippen LogP) is 3.39. The largest absolute Gasteiger partial charge is 0.460 e. The van der Waals surface area contributed by atoms with Crippen molar-refractivity contribution in [2.45, 2.75) is 52.7 Å². The summed E-state index contributed by atoms with van der Waals surface area (Å²) in [7, 11) is 0. The lowest BCUT2D eigenvalue weighted by Gasteiger charge is -2.13. The van der Waals surface area contributed by atoms with Crippen LogP contribution in [0.25, 0.3) is 11.3 Å². The molecule has 5 heteroatoms. The van der Waals surface area contributed by atoms with E-state index < -0.39 is 0 Å². The topological polar surface area (TPSA) is 64.1 Å². The standard InChI is InChI=1S/C19H25N3O2/c1-5-14(3)24-19-20-11-10-18(22-19)17-8-6-16(7-9-17)12-13(2)21-15(4)23/h6-11,13-14H,5,12H2,1-4H3,(H,21,23). The van der Waals surface area contributed by atoms with Crippen LogP contribution >= 0.6 is 0 Å². The zero-order chi connectivity index (χ0) is 17.5. The average molecular weight is 327 g/mol. The first-order chi connectivity index (χ1) is 11.5. The van der Waals surface area contributed by atoms with Crippen LogP contribution in [-0.4, -0.2) is 28.0 Å². The second-order valence-corrected chi connectivity index (χ2v) is 6.06. The van der Waals surface area contributed by atoms with Crippen molar-refractivity contribution in [1.82, 2.24) is 15.3 Å². The third kappa shape index (κ3) is 5.33. The van der Waals surface area contributed by atoms with E-state index in [-0.39, 0.29) is 18.1 Å². The molecule has 0 fully saturated rings. The van der Waals surface area contributed by atoms with E-state index in [1.165, 1.54) is 12.5 Å². The summed E-state index contributed by atoms with van der Waals surface area (Å²) in [5.41, 5.74) is 3.03. The minimum atomic E-state index is -0.00561. The number of amides is 1. The normalized spacial score (nSPS) is 13.2. The van der Waals surface area contributed by atoms with E-state index in [0.29, 0.717) is 6.01 Å². The Hall–Kier alpha value is -2.43. The quantitative estimate of drug-likeness (QED) is 0.846. The van der Waals surface area contributed by atoms with Crippen LogP contribution in [0, 0.1) is 0 Å². The number of rotatable bonds is 7. The average Bonchev–Trinajstić information content (AvgIpc) is 2.55. The molecular formula is C19H25N3O2. The highest BCUT2D eigenvalue weighted by molar-refractivity contribution is 5.73. The monoisotopic (exact) mass is 327 g/mol. The summed E-state index contributed by atoms with van der Waals surface area (Å²) in [6.07, 6.45) is 3.52. The van der Waals surface area contributed by atoms with E-state index in [1.807, 2.05) is 32.0 Å². The zero-order valence-corrected chi connectivity index (χ0v) is 14.7. The third-order valence-electron chi connectivity index (χ3n) is 3.76. The van der Waals surface area contributed by atoms with Crippen molar-refractivity contribution in [3.05, 3.63) is 42.1 Å². The maximum Gasteiger partial charge on any atom is 0.317 e. The van der Waals surface area contributed by atoms with Crippen LogP contribution in [0.4, 0.5) is 0 Å². The number of hydrogen-bond acceptors (Lipinski definition) is 4. The lowest BCUT2D eigenvalue weighted by atomic mass is 10.0. The van der Waals surface area contributed by atoms with Crippen molar-refractivity contribution in [2.75, 3.05) is 0 Å². The molecule has 0 saturated heterocycles. The first-order valence-electron chi connectivity index (χ1n) is 8.34. The summed E-state index contributed by atoms with van der Waals surface area (Å²) >= 11 is 0. The molecule has 0 saturated carbocycles. The van der Waals surface area contributed by atoms with Crippen LogP contribution in [0.5, 0.6) is 6.01 Å². The molecule has 0 bridgehead atoms. The Bertz CT molecular complexity index is 671. The third-order valence-corrected chi connectivity index (χ3v) is 3.76. The molecule has 1 aromatic carbocycles. The van der Waals surface area contributed by atoms with Crippen LogP contribution in [0.2, 0.25) is 0 Å². The molecule has 1 aromatic heterocycles. The highest BCUT2D eigenvalue weighted by Crippen LogP contribution is 2.20. The number of nitrogens with zero attached hydrogens (tertiary/aromatic N) is 2. The Balaban J connectivity index is 2.07. The molecule has 2 unspecified atom stereocenters. The maximum atomic E-state index is 11.1. The molecule has 0 aliphatic heterocycles. The Kier molecular flexibility index (Phi) is 6.29. The lowest BCUT2D eigenvalue weighted by molar-refractivity contribution is -0.119. The number of ether oxygens (including phenoxy) is 1. The van der Waals surface area contributed by atoms with E-state index in [2.05, 4.69) is 34.3 Å². The Morgan fingerprint density at radius 1 is 1.21 bits per heavy atom. The minimum Gasteiger partial charge on any atom is -0.460 e. The van der Waals surface area contributed by atoms with Crippen LogP contribution in [-0.2, 0) is 11.2 Å². The van der Waals surface area contributed by atoms with E-state index in [1.54, 1.807) is 6.20 Å². The molecule has 0 radical (unpaired) electrons. The summed E-state index contributed by atoms with van der Waals surface area (Å²) in [5, 5.41) is 2.89. The van der Waals surface area contributed by atoms with Crippen molar-refractivity contribution in [3.63, 3.8) is 0 Å². The number of benzene rings is 1. The van der Waals surface area contributed by atoms with Gasteiger partial charge in [-0.2, -0.15) is 4.98 Å². The molecule has 0 aliphatic rings. The van der Waals surface area contributed by atoms with Crippen LogP contribution in [0.1, 0.15) is 39.7 Å². The van der Waals surface area contributed by atoms with E-state index in [0.717, 1.165) is 24.1 Å². The van der Waals surface area contributed by atoms with Crippen LogP contribution < -0.4 is 10.1 Å². The Labute approximate surface area is 143 Å². The predicted molar refractivity (Wildman–Crippen MR) is 94.8 cm³/mol. The van der Waals surface area contributed by atoms with Gasteiger partial charge in [-0.1, -0.05) is 31.2 Å². The second-order valence-electron chi connectivity index (χ2n) is 6.06. The van der Waals surface area contributed by atoms with Gasteiger partial charge in [0.1, 0.15) is 0 Å². The molecule has 0 spiro atoms. The fourth-order valence-electron chi connectivity index (χ4n) is 2.38. The summed E-state index contributed by atoms with van der Waals surface area (Å²) in [6.45, 7) is 7.60. The molecule has 2 rings (SSSR count). The highest BCUT2D eigenvalue weighted by Gasteiger charge is 2.08. The molecule has 128 valence electrons. The molecule has 5 nitrogen and oxygen atoms in total. The number of carbonyl (C=O) groups is 1. The van der Waals surface area contributed by atoms with Crippen molar-refractivity contribution in [3.8, 4) is 17.3 Å². The van der Waals surface area contributed by atoms with Gasteiger partial charge in [0.2, 0.25) is 5.91 Å². The van der Waals surface area contributed by atoms with Gasteiger partial charge in [0.05, 0.1) is 11.8 Å². The van der Waals surface area contributed by atoms with E-state index in [4.69, 9.17) is 4.74 Å². The van der Waals surface area contributed by atoms with Gasteiger partial charge in [0.15, 0.2) is 0 Å². The molecule has 24 heavy (non-hydrogen) atoms. The molecule has 1 N–H and O–H groups in total. The van der Waals surface area contributed by atoms with E-state index >= 15 is 0 Å². The SMILES string of the molecule is CCC(C)Oc1nccc(-c2ccc(CC(C)NC(C)=O)cc2)n1. The van der Waals surface area contributed by atoms with Crippen molar-refractivity contribution in [2.24, 2.45) is 0 Å². The van der Waals surface area contributed by atoms with Gasteiger partial charge < -0.3 is 10.1 Å². The van der Waals surface area contributed by atoms with Gasteiger partial charge in [-0.05, 0) is 38.3 Å². The Morgan fingerprint density at radius 3 is 2.54 bits per heavy atom. The number of nitrogens with one attached hydrogen (secondary N) is 1. The van der Waals surface area contributed by atoms with Crippen molar-refractivity contribution < 1.29 is 9.53 Å². The highest BCUT2D eigenvalue weighted by atomic mass is 16.5. The summed E-state index contributed by atoms with van der Waals surface area (Å²) in [5.74, 6) is -0.00561. The lowest BCUT2D eigenvalue weighted by Crippen LogP contribution is -2.31. The van der Waals surface area contributed by atoms with Crippen molar-refractivity contribution >= 4 is 5.91 Å². The van der Waals surface area contributed by atoms with Gasteiger partial charge in [0.25, 0.3) is 0 Å². The molecule has 1 heterocycles. The number of hydrogen-bond donors (Lipinski definition) is 1. The van der Waals surface area contributed by atoms with Gasteiger partial charge >= 0.3 is 6.01 Å². The smallest absolute Gasteiger partial charge is 0.317 e. The van der Waals surface area contributed by atoms with Gasteiger partial charge in [-0.15, -0.1) is 0 Å². The first kappa shape index (κ1) is 17.9. The number of aromatic nitrogens is 2. The second kappa shape index (κ2) is 8.43. The Morgan fingerprint density at radius 2 is 1.92 bits per heavy atom. The summed E-state index contributed by atoms with van der Waals surface area (Å²) in [4.78, 5) is 19.7. The van der Waals surface area contributed by atoms with Crippen LogP contribution in [0.3, 0.4) is 0 Å². The maximum absolute atomic E-state index is 11.1. The molecule has 2 aromatic rings. The summed E-state index contributed by atoms with van der Waals surface area (Å²) in [6, 6.07) is 10.6. The molecular weight excluding hydrogens is 302 g/mol. The molecule has 1 amide bonds. The van der Waals surface area contributed by atoms with E-state index in [9.17, 15) is 4.79 Å². The summed E-state index contributed by atoms with van der Waals surface area (Å²) < 4.78 is 5.68. The van der Waals surface area contributed by atoms with Gasteiger partial charge in [-0.3, -0.25) is 4.79 Å². The van der Waals surface area contributed by atoms with Crippen molar-refractivity contribution in [1.29, 1.82) is 0 Å². The molecule has 0 aliphatic carbocycles.